The Morgan fingerprint density at radius 2 is 1.79 bits per heavy atom. The molecule has 174 valence electrons. The Morgan fingerprint density at radius 1 is 1.12 bits per heavy atom. The largest absolute Gasteiger partial charge is 0.497 e. The lowest BCUT2D eigenvalue weighted by molar-refractivity contribution is -0.137. The number of thiocarbonyl (C=S) groups is 1. The molecule has 0 fully saturated rings. The first-order valence-corrected chi connectivity index (χ1v) is 10.6. The van der Waals surface area contributed by atoms with Gasteiger partial charge in [-0.15, -0.1) is 6.58 Å². The molecular formula is C25H25F3N2O2S. The molecule has 0 aliphatic carbocycles. The van der Waals surface area contributed by atoms with Crippen molar-refractivity contribution < 1.29 is 22.3 Å². The second kappa shape index (κ2) is 10.6. The van der Waals surface area contributed by atoms with E-state index < -0.39 is 11.7 Å². The van der Waals surface area contributed by atoms with Gasteiger partial charge in [0.2, 0.25) is 0 Å². The van der Waals surface area contributed by atoms with Crippen LogP contribution in [-0.4, -0.2) is 17.1 Å². The zero-order valence-corrected chi connectivity index (χ0v) is 19.2. The molecule has 0 radical (unpaired) electrons. The van der Waals surface area contributed by atoms with Gasteiger partial charge in [-0.1, -0.05) is 17.7 Å². The van der Waals surface area contributed by atoms with Crippen LogP contribution >= 0.6 is 12.2 Å². The maximum Gasteiger partial charge on any atom is 0.416 e. The predicted molar refractivity (Wildman–Crippen MR) is 127 cm³/mol. The highest BCUT2D eigenvalue weighted by atomic mass is 32.1. The van der Waals surface area contributed by atoms with Crippen LogP contribution in [0.4, 0.5) is 18.9 Å². The first-order chi connectivity index (χ1) is 15.7. The van der Waals surface area contributed by atoms with Gasteiger partial charge in [0, 0.05) is 5.69 Å². The van der Waals surface area contributed by atoms with Gasteiger partial charge in [0.15, 0.2) is 5.11 Å². The highest BCUT2D eigenvalue weighted by Crippen LogP contribution is 2.32. The van der Waals surface area contributed by atoms with Crippen LogP contribution in [0.2, 0.25) is 0 Å². The normalized spacial score (nSPS) is 12.2. The first kappa shape index (κ1) is 24.4. The van der Waals surface area contributed by atoms with Crippen molar-refractivity contribution in [3.8, 4) is 5.75 Å². The van der Waals surface area contributed by atoms with Crippen LogP contribution in [0.15, 0.2) is 83.5 Å². The van der Waals surface area contributed by atoms with Gasteiger partial charge in [-0.2, -0.15) is 13.2 Å². The Hall–Kier alpha value is -3.26. The van der Waals surface area contributed by atoms with Gasteiger partial charge in [-0.25, -0.2) is 0 Å². The van der Waals surface area contributed by atoms with Crippen LogP contribution in [0.3, 0.4) is 0 Å². The van der Waals surface area contributed by atoms with E-state index in [0.717, 1.165) is 29.0 Å². The van der Waals surface area contributed by atoms with E-state index in [2.05, 4.69) is 11.9 Å². The number of hydrogen-bond acceptors (Lipinski definition) is 3. The van der Waals surface area contributed by atoms with E-state index in [1.165, 1.54) is 12.1 Å². The number of hydrogen-bond donors (Lipinski definition) is 1. The van der Waals surface area contributed by atoms with E-state index in [0.29, 0.717) is 29.5 Å². The molecule has 0 aliphatic heterocycles. The molecule has 33 heavy (non-hydrogen) atoms. The molecule has 4 nitrogen and oxygen atoms in total. The fourth-order valence-corrected chi connectivity index (χ4v) is 3.71. The Morgan fingerprint density at radius 3 is 2.30 bits per heavy atom. The predicted octanol–water partition coefficient (Wildman–Crippen LogP) is 7.21. The third-order valence-electron chi connectivity index (χ3n) is 5.05. The first-order valence-electron chi connectivity index (χ1n) is 10.2. The number of alkyl halides is 3. The van der Waals surface area contributed by atoms with E-state index >= 15 is 0 Å². The highest BCUT2D eigenvalue weighted by Gasteiger charge is 2.30. The average Bonchev–Trinajstić information content (AvgIpc) is 3.29. The zero-order valence-electron chi connectivity index (χ0n) is 18.4. The number of rotatable bonds is 8. The minimum Gasteiger partial charge on any atom is -0.497 e. The Bertz CT molecular complexity index is 1060. The van der Waals surface area contributed by atoms with Crippen LogP contribution in [0.5, 0.6) is 5.75 Å². The molecule has 1 atom stereocenters. The number of furan rings is 1. The third kappa shape index (κ3) is 6.61. The van der Waals surface area contributed by atoms with E-state index in [4.69, 9.17) is 21.4 Å². The van der Waals surface area contributed by atoms with Crippen molar-refractivity contribution >= 4 is 23.0 Å². The molecule has 0 unspecified atom stereocenters. The van der Waals surface area contributed by atoms with Crippen molar-refractivity contribution in [1.29, 1.82) is 0 Å². The Balaban J connectivity index is 1.91. The molecule has 0 amide bonds. The molecule has 0 bridgehead atoms. The monoisotopic (exact) mass is 474 g/mol. The number of halogens is 3. The molecule has 3 rings (SSSR count). The fraction of sp³-hybridized carbons (Fsp3) is 0.240. The van der Waals surface area contributed by atoms with Crippen molar-refractivity contribution in [2.24, 2.45) is 0 Å². The summed E-state index contributed by atoms with van der Waals surface area (Å²) in [6.45, 7) is 6.37. The maximum atomic E-state index is 12.9. The smallest absolute Gasteiger partial charge is 0.416 e. The minimum atomic E-state index is -4.40. The zero-order chi connectivity index (χ0) is 24.0. The van der Waals surface area contributed by atoms with Crippen LogP contribution < -0.4 is 10.1 Å². The summed E-state index contributed by atoms with van der Waals surface area (Å²) in [6, 6.07) is 15.9. The average molecular weight is 475 g/mol. The summed E-state index contributed by atoms with van der Waals surface area (Å²) in [7, 11) is 1.60. The summed E-state index contributed by atoms with van der Waals surface area (Å²) >= 11 is 5.71. The van der Waals surface area contributed by atoms with Crippen molar-refractivity contribution in [3.05, 3.63) is 96.0 Å². The lowest BCUT2D eigenvalue weighted by atomic mass is 9.98. The van der Waals surface area contributed by atoms with Gasteiger partial charge in [0.1, 0.15) is 11.5 Å². The van der Waals surface area contributed by atoms with E-state index in [9.17, 15) is 13.2 Å². The van der Waals surface area contributed by atoms with Gasteiger partial charge in [0.25, 0.3) is 0 Å². The number of ether oxygens (including phenoxy) is 1. The molecular weight excluding hydrogens is 449 g/mol. The minimum absolute atomic E-state index is 0.187. The van der Waals surface area contributed by atoms with Crippen LogP contribution in [0, 0.1) is 0 Å². The Labute approximate surface area is 196 Å². The van der Waals surface area contributed by atoms with Crippen molar-refractivity contribution in [2.75, 3.05) is 12.4 Å². The summed E-state index contributed by atoms with van der Waals surface area (Å²) in [4.78, 5) is 1.95. The number of benzene rings is 2. The molecule has 0 saturated carbocycles. The molecule has 1 aromatic heterocycles. The molecule has 0 saturated heterocycles. The SMILES string of the molecule is C=C(C)C[C@@H](c1ccc(OC)cc1)N(Cc1ccco1)C(=S)Nc1ccc(C(F)(F)F)cc1. The van der Waals surface area contributed by atoms with Crippen LogP contribution in [0.25, 0.3) is 0 Å². The van der Waals surface area contributed by atoms with Gasteiger partial charge in [0.05, 0.1) is 31.5 Å². The summed E-state index contributed by atoms with van der Waals surface area (Å²) < 4.78 is 49.5. The lowest BCUT2D eigenvalue weighted by Crippen LogP contribution is -2.37. The lowest BCUT2D eigenvalue weighted by Gasteiger charge is -2.34. The number of nitrogens with zero attached hydrogens (tertiary/aromatic N) is 1. The topological polar surface area (TPSA) is 37.6 Å². The second-order valence-corrected chi connectivity index (χ2v) is 8.05. The summed E-state index contributed by atoms with van der Waals surface area (Å²) in [6.07, 6.45) is -2.20. The van der Waals surface area contributed by atoms with E-state index in [1.54, 1.807) is 19.4 Å². The van der Waals surface area contributed by atoms with Crippen molar-refractivity contribution in [2.45, 2.75) is 32.1 Å². The van der Waals surface area contributed by atoms with Crippen molar-refractivity contribution in [3.63, 3.8) is 0 Å². The van der Waals surface area contributed by atoms with E-state index in [1.807, 2.05) is 42.2 Å². The van der Waals surface area contributed by atoms with E-state index in [-0.39, 0.29) is 6.04 Å². The molecule has 8 heteroatoms. The molecule has 0 spiro atoms. The van der Waals surface area contributed by atoms with Crippen molar-refractivity contribution in [1.82, 2.24) is 4.90 Å². The summed E-state index contributed by atoms with van der Waals surface area (Å²) in [5, 5.41) is 3.43. The fourth-order valence-electron chi connectivity index (χ4n) is 3.40. The van der Waals surface area contributed by atoms with Gasteiger partial charge >= 0.3 is 6.18 Å². The van der Waals surface area contributed by atoms with Gasteiger partial charge in [-0.05, 0) is 79.7 Å². The summed E-state index contributed by atoms with van der Waals surface area (Å²) in [5.74, 6) is 1.43. The molecule has 1 N–H and O–H groups in total. The van der Waals surface area contributed by atoms with Gasteiger partial charge in [-0.3, -0.25) is 0 Å². The molecule has 3 aromatic rings. The van der Waals surface area contributed by atoms with Gasteiger partial charge < -0.3 is 19.4 Å². The Kier molecular flexibility index (Phi) is 7.81. The molecule has 0 aliphatic rings. The highest BCUT2D eigenvalue weighted by molar-refractivity contribution is 7.80. The number of anilines is 1. The molecule has 2 aromatic carbocycles. The van der Waals surface area contributed by atoms with Crippen LogP contribution in [0.1, 0.15) is 36.3 Å². The number of nitrogens with one attached hydrogen (secondary N) is 1. The van der Waals surface area contributed by atoms with Crippen LogP contribution in [-0.2, 0) is 12.7 Å². The quantitative estimate of drug-likeness (QED) is 0.276. The second-order valence-electron chi connectivity index (χ2n) is 7.66. The summed E-state index contributed by atoms with van der Waals surface area (Å²) in [5.41, 5.74) is 1.69. The molecule has 1 heterocycles. The maximum absolute atomic E-state index is 12.9. The standard InChI is InChI=1S/C25H25F3N2O2S/c1-17(2)15-23(18-6-12-21(31-3)13-7-18)30(16-22-5-4-14-32-22)24(33)29-20-10-8-19(9-11-20)25(26,27)28/h4-14,23H,1,15-16H2,2-3H3,(H,29,33)/t23-/m0/s1. The third-order valence-corrected chi connectivity index (χ3v) is 5.39. The number of methoxy groups -OCH3 is 1.